The number of carbonyl (C=O) groups excluding carboxylic acids is 1. The van der Waals surface area contributed by atoms with E-state index in [1.54, 1.807) is 11.6 Å². The summed E-state index contributed by atoms with van der Waals surface area (Å²) in [6, 6.07) is 0.383. The van der Waals surface area contributed by atoms with Gasteiger partial charge in [-0.25, -0.2) is 9.48 Å². The molecule has 5 nitrogen and oxygen atoms in total. The molecule has 0 unspecified atom stereocenters. The van der Waals surface area contributed by atoms with E-state index in [1.807, 2.05) is 6.92 Å². The number of carbonyl (C=O) groups is 1. The largest absolute Gasteiger partial charge is 0.461 e. The molecule has 1 heterocycles. The van der Waals surface area contributed by atoms with Crippen molar-refractivity contribution < 1.29 is 9.53 Å². The number of nitrogens with zero attached hydrogens (tertiary/aromatic N) is 2. The Morgan fingerprint density at radius 1 is 1.56 bits per heavy atom. The lowest BCUT2D eigenvalue weighted by Gasteiger charge is -2.00. The first-order valence-electron chi connectivity index (χ1n) is 5.73. The minimum Gasteiger partial charge on any atom is -0.461 e. The van der Waals surface area contributed by atoms with E-state index in [0.29, 0.717) is 30.6 Å². The molecule has 1 aromatic heterocycles. The molecule has 0 saturated heterocycles. The van der Waals surface area contributed by atoms with Crippen LogP contribution in [0.4, 0.5) is 5.82 Å². The maximum Gasteiger partial charge on any atom is 0.359 e. The Labute approximate surface area is 94.6 Å². The van der Waals surface area contributed by atoms with Gasteiger partial charge in [0.05, 0.1) is 12.6 Å². The summed E-state index contributed by atoms with van der Waals surface area (Å²) < 4.78 is 6.74. The van der Waals surface area contributed by atoms with Gasteiger partial charge in [0.1, 0.15) is 5.82 Å². The van der Waals surface area contributed by atoms with Crippen LogP contribution in [-0.4, -0.2) is 22.4 Å². The van der Waals surface area contributed by atoms with Crippen LogP contribution in [0.3, 0.4) is 0 Å². The number of aromatic nitrogens is 2. The van der Waals surface area contributed by atoms with Crippen LogP contribution in [0.1, 0.15) is 48.8 Å². The predicted molar refractivity (Wildman–Crippen MR) is 60.2 cm³/mol. The third kappa shape index (κ3) is 1.77. The highest BCUT2D eigenvalue weighted by molar-refractivity contribution is 5.90. The number of ether oxygens (including phenoxy) is 1. The summed E-state index contributed by atoms with van der Waals surface area (Å²) in [7, 11) is 0. The SMILES string of the molecule is CCOC(=O)c1nn(C2CC2)c(N)c1CC. The summed E-state index contributed by atoms with van der Waals surface area (Å²) in [6.07, 6.45) is 2.89. The number of rotatable bonds is 4. The minimum atomic E-state index is -0.370. The number of nitrogen functional groups attached to an aromatic ring is 1. The van der Waals surface area contributed by atoms with Crippen LogP contribution in [0.15, 0.2) is 0 Å². The molecule has 1 aliphatic carbocycles. The second kappa shape index (κ2) is 4.15. The lowest BCUT2D eigenvalue weighted by atomic mass is 10.2. The molecular formula is C11H17N3O2. The third-order valence-electron chi connectivity index (χ3n) is 2.76. The van der Waals surface area contributed by atoms with Crippen LogP contribution in [0.2, 0.25) is 0 Å². The zero-order chi connectivity index (χ0) is 11.7. The summed E-state index contributed by atoms with van der Waals surface area (Å²) in [6.45, 7) is 4.11. The molecule has 0 radical (unpaired) electrons. The average molecular weight is 223 g/mol. The first-order chi connectivity index (χ1) is 7.69. The van der Waals surface area contributed by atoms with Crippen LogP contribution in [-0.2, 0) is 11.2 Å². The van der Waals surface area contributed by atoms with Crippen molar-refractivity contribution in [2.75, 3.05) is 12.3 Å². The van der Waals surface area contributed by atoms with Gasteiger partial charge in [0.2, 0.25) is 0 Å². The number of esters is 1. The fourth-order valence-electron chi connectivity index (χ4n) is 1.79. The van der Waals surface area contributed by atoms with Crippen LogP contribution < -0.4 is 5.73 Å². The molecule has 88 valence electrons. The van der Waals surface area contributed by atoms with Crippen molar-refractivity contribution in [3.63, 3.8) is 0 Å². The van der Waals surface area contributed by atoms with Gasteiger partial charge in [0.25, 0.3) is 0 Å². The molecule has 0 spiro atoms. The van der Waals surface area contributed by atoms with Gasteiger partial charge in [0.15, 0.2) is 5.69 Å². The molecule has 1 aliphatic rings. The van der Waals surface area contributed by atoms with Gasteiger partial charge in [-0.05, 0) is 26.2 Å². The van der Waals surface area contributed by atoms with Crippen LogP contribution in [0.5, 0.6) is 0 Å². The van der Waals surface area contributed by atoms with E-state index in [2.05, 4.69) is 5.10 Å². The number of hydrogen-bond donors (Lipinski definition) is 1. The fourth-order valence-corrected chi connectivity index (χ4v) is 1.79. The van der Waals surface area contributed by atoms with Crippen LogP contribution >= 0.6 is 0 Å². The Bertz CT molecular complexity index is 408. The maximum absolute atomic E-state index is 11.7. The molecule has 0 aromatic carbocycles. The standard InChI is InChI=1S/C11H17N3O2/c1-3-8-9(11(15)16-4-2)13-14(10(8)12)7-5-6-7/h7H,3-6,12H2,1-2H3. The lowest BCUT2D eigenvalue weighted by molar-refractivity contribution is 0.0517. The highest BCUT2D eigenvalue weighted by Crippen LogP contribution is 2.37. The Morgan fingerprint density at radius 3 is 2.75 bits per heavy atom. The van der Waals surface area contributed by atoms with Gasteiger partial charge in [0, 0.05) is 5.56 Å². The van der Waals surface area contributed by atoms with Crippen LogP contribution in [0, 0.1) is 0 Å². The Kier molecular flexibility index (Phi) is 2.85. The molecular weight excluding hydrogens is 206 g/mol. The monoisotopic (exact) mass is 223 g/mol. The van der Waals surface area contributed by atoms with Crippen molar-refractivity contribution in [1.82, 2.24) is 9.78 Å². The summed E-state index contributed by atoms with van der Waals surface area (Å²) in [4.78, 5) is 11.7. The quantitative estimate of drug-likeness (QED) is 0.786. The van der Waals surface area contributed by atoms with Crippen molar-refractivity contribution in [3.8, 4) is 0 Å². The van der Waals surface area contributed by atoms with Gasteiger partial charge < -0.3 is 10.5 Å². The first-order valence-corrected chi connectivity index (χ1v) is 5.73. The molecule has 1 aromatic rings. The molecule has 2 rings (SSSR count). The molecule has 0 aliphatic heterocycles. The van der Waals surface area contributed by atoms with Gasteiger partial charge >= 0.3 is 5.97 Å². The van der Waals surface area contributed by atoms with E-state index in [0.717, 1.165) is 18.4 Å². The second-order valence-electron chi connectivity index (χ2n) is 3.96. The Morgan fingerprint density at radius 2 is 2.25 bits per heavy atom. The van der Waals surface area contributed by atoms with Crippen molar-refractivity contribution in [2.24, 2.45) is 0 Å². The summed E-state index contributed by atoms with van der Waals surface area (Å²) >= 11 is 0. The van der Waals surface area contributed by atoms with Gasteiger partial charge in [-0.2, -0.15) is 5.10 Å². The maximum atomic E-state index is 11.7. The first kappa shape index (κ1) is 11.0. The summed E-state index contributed by atoms with van der Waals surface area (Å²) in [5.41, 5.74) is 7.18. The smallest absolute Gasteiger partial charge is 0.359 e. The van der Waals surface area contributed by atoms with Gasteiger partial charge in [-0.1, -0.05) is 6.92 Å². The van der Waals surface area contributed by atoms with Crippen molar-refractivity contribution in [1.29, 1.82) is 0 Å². The molecule has 1 saturated carbocycles. The number of nitrogens with two attached hydrogens (primary N) is 1. The van der Waals surface area contributed by atoms with E-state index in [-0.39, 0.29) is 5.97 Å². The Balaban J connectivity index is 2.35. The average Bonchev–Trinajstić information content (AvgIpc) is 3.03. The van der Waals surface area contributed by atoms with E-state index < -0.39 is 0 Å². The highest BCUT2D eigenvalue weighted by Gasteiger charge is 2.30. The molecule has 5 heteroatoms. The third-order valence-corrected chi connectivity index (χ3v) is 2.76. The van der Waals surface area contributed by atoms with E-state index in [9.17, 15) is 4.79 Å². The van der Waals surface area contributed by atoms with Crippen molar-refractivity contribution in [2.45, 2.75) is 39.2 Å². The molecule has 1 fully saturated rings. The topological polar surface area (TPSA) is 70.1 Å². The second-order valence-corrected chi connectivity index (χ2v) is 3.96. The molecule has 0 atom stereocenters. The lowest BCUT2D eigenvalue weighted by Crippen LogP contribution is -2.08. The number of anilines is 1. The van der Waals surface area contributed by atoms with Crippen molar-refractivity contribution in [3.05, 3.63) is 11.3 Å². The summed E-state index contributed by atoms with van der Waals surface area (Å²) in [5, 5.41) is 4.28. The fraction of sp³-hybridized carbons (Fsp3) is 0.636. The molecule has 0 amide bonds. The molecule has 16 heavy (non-hydrogen) atoms. The Hall–Kier alpha value is -1.52. The zero-order valence-electron chi connectivity index (χ0n) is 9.69. The van der Waals surface area contributed by atoms with E-state index in [4.69, 9.17) is 10.5 Å². The normalized spacial score (nSPS) is 15.1. The number of hydrogen-bond acceptors (Lipinski definition) is 4. The van der Waals surface area contributed by atoms with Gasteiger partial charge in [-0.15, -0.1) is 0 Å². The highest BCUT2D eigenvalue weighted by atomic mass is 16.5. The molecule has 0 bridgehead atoms. The zero-order valence-corrected chi connectivity index (χ0v) is 9.69. The predicted octanol–water partition coefficient (Wildman–Crippen LogP) is 1.54. The van der Waals surface area contributed by atoms with Crippen molar-refractivity contribution >= 4 is 11.8 Å². The van der Waals surface area contributed by atoms with E-state index in [1.165, 1.54) is 0 Å². The summed E-state index contributed by atoms with van der Waals surface area (Å²) in [5.74, 6) is 0.249. The molecule has 2 N–H and O–H groups in total. The minimum absolute atomic E-state index is 0.359. The van der Waals surface area contributed by atoms with E-state index >= 15 is 0 Å². The van der Waals surface area contributed by atoms with Crippen LogP contribution in [0.25, 0.3) is 0 Å². The van der Waals surface area contributed by atoms with Gasteiger partial charge in [-0.3, -0.25) is 0 Å².